The molecule has 2 aliphatic rings. The van der Waals surface area contributed by atoms with Gasteiger partial charge in [-0.1, -0.05) is 57.2 Å². The van der Waals surface area contributed by atoms with Gasteiger partial charge in [-0.3, -0.25) is 9.59 Å². The molecule has 43 heavy (non-hydrogen) atoms. The number of Topliss-reactive ketones (excluding diaryl/α,β-unsaturated/α-hetero) is 1. The minimum absolute atomic E-state index is 0.0149. The van der Waals surface area contributed by atoms with Crippen molar-refractivity contribution in [1.29, 1.82) is 0 Å². The monoisotopic (exact) mass is 598 g/mol. The molecule has 0 aromatic heterocycles. The molecular formula is C34H50N2O7. The van der Waals surface area contributed by atoms with E-state index in [0.717, 1.165) is 23.2 Å². The van der Waals surface area contributed by atoms with Gasteiger partial charge in [0.1, 0.15) is 18.7 Å². The summed E-state index contributed by atoms with van der Waals surface area (Å²) in [5.41, 5.74) is 0.966. The maximum Gasteiger partial charge on any atom is 0.417 e. The Morgan fingerprint density at radius 2 is 1.84 bits per heavy atom. The molecule has 9 nitrogen and oxygen atoms in total. The van der Waals surface area contributed by atoms with E-state index in [9.17, 15) is 19.2 Å². The number of imide groups is 1. The van der Waals surface area contributed by atoms with Crippen molar-refractivity contribution in [2.75, 3.05) is 20.7 Å². The lowest BCUT2D eigenvalue weighted by atomic mass is 9.79. The molecule has 0 aliphatic carbocycles. The SMILES string of the molecule is C=CC[C@@H](C[C@@H](C)C=O)[C@H](O[C@@H]1O[C@H](C)CC(N(C)C)[C@H]1C)[C@@H](C)C(=O)C(C)C(=O)N1C(=O)OC[C@H]1Cc1ccccc1. The van der Waals surface area contributed by atoms with E-state index in [1.807, 2.05) is 58.3 Å². The Morgan fingerprint density at radius 3 is 2.44 bits per heavy atom. The van der Waals surface area contributed by atoms with Crippen molar-refractivity contribution in [2.45, 2.75) is 90.9 Å². The lowest BCUT2D eigenvalue weighted by Crippen LogP contribution is -2.52. The molecule has 2 unspecified atom stereocenters. The van der Waals surface area contributed by atoms with Crippen molar-refractivity contribution in [2.24, 2.45) is 29.6 Å². The third-order valence-corrected chi connectivity index (χ3v) is 9.02. The van der Waals surface area contributed by atoms with Gasteiger partial charge < -0.3 is 23.9 Å². The molecule has 3 rings (SSSR count). The number of rotatable bonds is 15. The molecule has 0 bridgehead atoms. The highest BCUT2D eigenvalue weighted by atomic mass is 16.7. The quantitative estimate of drug-likeness (QED) is 0.159. The van der Waals surface area contributed by atoms with E-state index in [1.54, 1.807) is 19.9 Å². The molecule has 9 heteroatoms. The Labute approximate surface area is 256 Å². The summed E-state index contributed by atoms with van der Waals surface area (Å²) < 4.78 is 18.3. The fourth-order valence-electron chi connectivity index (χ4n) is 6.54. The van der Waals surface area contributed by atoms with E-state index in [0.29, 0.717) is 19.3 Å². The number of benzene rings is 1. The second-order valence-electron chi connectivity index (χ2n) is 12.7. The van der Waals surface area contributed by atoms with Crippen molar-refractivity contribution < 1.29 is 33.4 Å². The van der Waals surface area contributed by atoms with E-state index >= 15 is 0 Å². The molecule has 2 amide bonds. The van der Waals surface area contributed by atoms with Gasteiger partial charge in [-0.2, -0.15) is 0 Å². The number of ketones is 1. The van der Waals surface area contributed by atoms with Gasteiger partial charge in [-0.25, -0.2) is 9.69 Å². The normalized spacial score (nSPS) is 27.6. The second kappa shape index (κ2) is 15.7. The molecule has 2 fully saturated rings. The predicted molar refractivity (Wildman–Crippen MR) is 164 cm³/mol. The predicted octanol–water partition coefficient (Wildman–Crippen LogP) is 4.92. The summed E-state index contributed by atoms with van der Waals surface area (Å²) in [6, 6.07) is 9.28. The molecule has 0 saturated carbocycles. The molecule has 10 atom stereocenters. The summed E-state index contributed by atoms with van der Waals surface area (Å²) in [6.07, 6.45) is 2.98. The Hall–Kier alpha value is -2.88. The largest absolute Gasteiger partial charge is 0.447 e. The summed E-state index contributed by atoms with van der Waals surface area (Å²) in [4.78, 5) is 55.4. The van der Waals surface area contributed by atoms with Crippen LogP contribution in [0.2, 0.25) is 0 Å². The number of cyclic esters (lactones) is 1. The van der Waals surface area contributed by atoms with Crippen LogP contribution in [0.1, 0.15) is 59.4 Å². The smallest absolute Gasteiger partial charge is 0.417 e. The molecule has 0 N–H and O–H groups in total. The van der Waals surface area contributed by atoms with Crippen LogP contribution in [0.25, 0.3) is 0 Å². The molecule has 2 heterocycles. The number of ether oxygens (including phenoxy) is 3. The zero-order chi connectivity index (χ0) is 31.8. The number of hydrogen-bond acceptors (Lipinski definition) is 8. The number of hydrogen-bond donors (Lipinski definition) is 0. The lowest BCUT2D eigenvalue weighted by Gasteiger charge is -2.45. The van der Waals surface area contributed by atoms with E-state index in [2.05, 4.69) is 18.4 Å². The van der Waals surface area contributed by atoms with Crippen LogP contribution in [0, 0.1) is 29.6 Å². The van der Waals surface area contributed by atoms with Gasteiger partial charge in [0.05, 0.1) is 24.2 Å². The standard InChI is InChI=1S/C34H50N2O7/c1-9-13-27(16-21(2)19-37)31(43-33-23(4)29(35(7)8)17-22(3)42-33)24(5)30(38)25(6)32(39)36-28(20-41-34(36)40)18-26-14-11-10-12-15-26/h9-12,14-15,19,21-25,27-29,31,33H,1,13,16-18,20H2,2-8H3/t21-,22-,23-,24+,25?,27+,28-,29?,31-,33+/m1/s1. The second-order valence-corrected chi connectivity index (χ2v) is 12.7. The lowest BCUT2D eigenvalue weighted by molar-refractivity contribution is -0.260. The van der Waals surface area contributed by atoms with E-state index in [-0.39, 0.29) is 42.3 Å². The van der Waals surface area contributed by atoms with Crippen molar-refractivity contribution >= 4 is 24.1 Å². The van der Waals surface area contributed by atoms with Crippen molar-refractivity contribution in [3.8, 4) is 0 Å². The summed E-state index contributed by atoms with van der Waals surface area (Å²) in [5, 5.41) is 0. The maximum atomic E-state index is 14.1. The highest BCUT2D eigenvalue weighted by Crippen LogP contribution is 2.35. The fourth-order valence-corrected chi connectivity index (χ4v) is 6.54. The maximum absolute atomic E-state index is 14.1. The van der Waals surface area contributed by atoms with E-state index in [1.165, 1.54) is 0 Å². The average Bonchev–Trinajstić information content (AvgIpc) is 3.35. The first-order valence-corrected chi connectivity index (χ1v) is 15.5. The zero-order valence-electron chi connectivity index (χ0n) is 26.8. The van der Waals surface area contributed by atoms with Crippen LogP contribution in [-0.4, -0.2) is 85.2 Å². The summed E-state index contributed by atoms with van der Waals surface area (Å²) in [7, 11) is 4.07. The highest BCUT2D eigenvalue weighted by Gasteiger charge is 2.45. The molecule has 1 aromatic carbocycles. The first-order chi connectivity index (χ1) is 20.4. The third kappa shape index (κ3) is 8.61. The van der Waals surface area contributed by atoms with Crippen LogP contribution < -0.4 is 0 Å². The van der Waals surface area contributed by atoms with Crippen molar-refractivity contribution in [1.82, 2.24) is 9.80 Å². The number of carbonyl (C=O) groups is 4. The van der Waals surface area contributed by atoms with E-state index in [4.69, 9.17) is 14.2 Å². The fraction of sp³-hybridized carbons (Fsp3) is 0.647. The Morgan fingerprint density at radius 1 is 1.16 bits per heavy atom. The Balaban J connectivity index is 1.87. The minimum atomic E-state index is -1.10. The van der Waals surface area contributed by atoms with Crippen LogP contribution >= 0.6 is 0 Å². The molecule has 1 aromatic rings. The van der Waals surface area contributed by atoms with Crippen LogP contribution in [0.3, 0.4) is 0 Å². The minimum Gasteiger partial charge on any atom is -0.447 e. The number of aldehydes is 1. The van der Waals surface area contributed by atoms with Crippen LogP contribution in [0.15, 0.2) is 43.0 Å². The van der Waals surface area contributed by atoms with Crippen LogP contribution in [-0.2, 0) is 35.0 Å². The molecule has 238 valence electrons. The summed E-state index contributed by atoms with van der Waals surface area (Å²) in [6.45, 7) is 13.2. The van der Waals surface area contributed by atoms with Crippen LogP contribution in [0.5, 0.6) is 0 Å². The molecule has 2 saturated heterocycles. The van der Waals surface area contributed by atoms with Gasteiger partial charge in [0.15, 0.2) is 6.29 Å². The first-order valence-electron chi connectivity index (χ1n) is 15.5. The van der Waals surface area contributed by atoms with Gasteiger partial charge in [-0.15, -0.1) is 6.58 Å². The summed E-state index contributed by atoms with van der Waals surface area (Å²) >= 11 is 0. The highest BCUT2D eigenvalue weighted by molar-refractivity contribution is 6.07. The number of allylic oxidation sites excluding steroid dienone is 1. The van der Waals surface area contributed by atoms with Gasteiger partial charge in [-0.05, 0) is 65.1 Å². The molecule has 0 radical (unpaired) electrons. The zero-order valence-corrected chi connectivity index (χ0v) is 26.8. The molecule has 0 spiro atoms. The van der Waals surface area contributed by atoms with E-state index < -0.39 is 42.3 Å². The Kier molecular flexibility index (Phi) is 12.7. The third-order valence-electron chi connectivity index (χ3n) is 9.02. The Bertz CT molecular complexity index is 1110. The van der Waals surface area contributed by atoms with Crippen molar-refractivity contribution in [3.63, 3.8) is 0 Å². The number of amides is 2. The first kappa shape index (κ1) is 34.6. The molecule has 2 aliphatic heterocycles. The van der Waals surface area contributed by atoms with Gasteiger partial charge >= 0.3 is 6.09 Å². The average molecular weight is 599 g/mol. The van der Waals surface area contributed by atoms with Gasteiger partial charge in [0, 0.05) is 23.8 Å². The van der Waals surface area contributed by atoms with Crippen molar-refractivity contribution in [3.05, 3.63) is 48.6 Å². The number of carbonyl (C=O) groups excluding carboxylic acids is 4. The summed E-state index contributed by atoms with van der Waals surface area (Å²) in [5.74, 6) is -3.19. The topological polar surface area (TPSA) is 102 Å². The van der Waals surface area contributed by atoms with Gasteiger partial charge in [0.25, 0.3) is 0 Å². The van der Waals surface area contributed by atoms with Gasteiger partial charge in [0.2, 0.25) is 5.91 Å². The molecular weight excluding hydrogens is 548 g/mol. The van der Waals surface area contributed by atoms with Crippen LogP contribution in [0.4, 0.5) is 4.79 Å². The number of nitrogens with zero attached hydrogens (tertiary/aromatic N) is 2.